The molecule has 0 aliphatic rings. The third-order valence-corrected chi connectivity index (χ3v) is 4.14. The highest BCUT2D eigenvalue weighted by atomic mass is 16.5. The van der Waals surface area contributed by atoms with Gasteiger partial charge in [0, 0.05) is 5.92 Å². The number of hydrogen-bond donors (Lipinski definition) is 2. The molecule has 0 aliphatic heterocycles. The van der Waals surface area contributed by atoms with Crippen LogP contribution < -0.4 is 20.9 Å². The molecule has 2 rings (SSSR count). The van der Waals surface area contributed by atoms with Gasteiger partial charge in [0.25, 0.3) is 0 Å². The van der Waals surface area contributed by atoms with Crippen LogP contribution in [0.5, 0.6) is 11.5 Å². The molecule has 1 unspecified atom stereocenters. The number of benzene rings is 2. The van der Waals surface area contributed by atoms with Crippen molar-refractivity contribution in [2.75, 3.05) is 14.2 Å². The molecule has 1 atom stereocenters. The molecule has 0 spiro atoms. The second kappa shape index (κ2) is 9.37. The van der Waals surface area contributed by atoms with Gasteiger partial charge in [-0.05, 0) is 41.3 Å². The SMILES string of the molecule is C=C(/C=C\C=C(N)N)C(Cc1ccccc1)c1ccc(OC)c(OC)c1. The van der Waals surface area contributed by atoms with Gasteiger partial charge in [-0.2, -0.15) is 0 Å². The molecule has 0 fully saturated rings. The van der Waals surface area contributed by atoms with Crippen molar-refractivity contribution in [2.45, 2.75) is 12.3 Å². The monoisotopic (exact) mass is 350 g/mol. The van der Waals surface area contributed by atoms with Crippen LogP contribution >= 0.6 is 0 Å². The van der Waals surface area contributed by atoms with E-state index in [1.807, 2.05) is 48.6 Å². The predicted octanol–water partition coefficient (Wildman–Crippen LogP) is 3.90. The molecule has 2 aromatic rings. The molecule has 0 bridgehead atoms. The molecular weight excluding hydrogens is 324 g/mol. The van der Waals surface area contributed by atoms with Crippen LogP contribution in [0.4, 0.5) is 0 Å². The maximum absolute atomic E-state index is 5.49. The molecule has 0 heterocycles. The quantitative estimate of drug-likeness (QED) is 0.708. The lowest BCUT2D eigenvalue weighted by molar-refractivity contribution is 0.354. The summed E-state index contributed by atoms with van der Waals surface area (Å²) in [5.74, 6) is 1.75. The maximum atomic E-state index is 5.49. The van der Waals surface area contributed by atoms with Gasteiger partial charge in [0.2, 0.25) is 0 Å². The fourth-order valence-corrected chi connectivity index (χ4v) is 2.78. The first kappa shape index (κ1) is 19.2. The predicted molar refractivity (Wildman–Crippen MR) is 107 cm³/mol. The minimum Gasteiger partial charge on any atom is -0.493 e. The summed E-state index contributed by atoms with van der Waals surface area (Å²) in [7, 11) is 3.27. The Bertz CT molecular complexity index is 791. The van der Waals surface area contributed by atoms with Gasteiger partial charge in [0.15, 0.2) is 11.5 Å². The molecule has 4 nitrogen and oxygen atoms in total. The first-order valence-corrected chi connectivity index (χ1v) is 8.39. The van der Waals surface area contributed by atoms with E-state index in [2.05, 4.69) is 18.7 Å². The van der Waals surface area contributed by atoms with Crippen LogP contribution in [0.3, 0.4) is 0 Å². The van der Waals surface area contributed by atoms with E-state index in [0.29, 0.717) is 11.5 Å². The van der Waals surface area contributed by atoms with Crippen molar-refractivity contribution in [3.63, 3.8) is 0 Å². The molecule has 0 amide bonds. The van der Waals surface area contributed by atoms with Crippen molar-refractivity contribution in [3.05, 3.63) is 95.9 Å². The van der Waals surface area contributed by atoms with Crippen LogP contribution in [0.25, 0.3) is 0 Å². The second-order valence-corrected chi connectivity index (χ2v) is 5.96. The van der Waals surface area contributed by atoms with Crippen molar-refractivity contribution in [2.24, 2.45) is 11.5 Å². The van der Waals surface area contributed by atoms with E-state index in [4.69, 9.17) is 20.9 Å². The standard InChI is InChI=1S/C22H26N2O2/c1-16(8-7-11-22(23)24)19(14-17-9-5-4-6-10-17)18-12-13-20(25-2)21(15-18)26-3/h4-13,15,19H,1,14,23-24H2,2-3H3/b8-7-. The first-order chi connectivity index (χ1) is 12.5. The Hall–Kier alpha value is -3.14. The molecule has 0 saturated carbocycles. The van der Waals surface area contributed by atoms with Gasteiger partial charge in [-0.3, -0.25) is 0 Å². The summed E-state index contributed by atoms with van der Waals surface area (Å²) in [5, 5.41) is 0. The highest BCUT2D eigenvalue weighted by Crippen LogP contribution is 2.35. The zero-order valence-electron chi connectivity index (χ0n) is 15.3. The number of hydrogen-bond acceptors (Lipinski definition) is 4. The Morgan fingerprint density at radius 1 is 1.04 bits per heavy atom. The summed E-state index contributed by atoms with van der Waals surface area (Å²) in [5.41, 5.74) is 14.3. The van der Waals surface area contributed by atoms with Crippen molar-refractivity contribution >= 4 is 0 Å². The highest BCUT2D eigenvalue weighted by molar-refractivity contribution is 5.47. The number of methoxy groups -OCH3 is 2. The zero-order valence-corrected chi connectivity index (χ0v) is 15.3. The average Bonchev–Trinajstić information content (AvgIpc) is 2.66. The molecule has 0 saturated heterocycles. The van der Waals surface area contributed by atoms with Crippen LogP contribution in [-0.4, -0.2) is 14.2 Å². The lowest BCUT2D eigenvalue weighted by atomic mass is 9.86. The van der Waals surface area contributed by atoms with E-state index in [-0.39, 0.29) is 11.7 Å². The smallest absolute Gasteiger partial charge is 0.161 e. The third kappa shape index (κ3) is 5.18. The van der Waals surface area contributed by atoms with E-state index >= 15 is 0 Å². The summed E-state index contributed by atoms with van der Waals surface area (Å²) < 4.78 is 10.8. The summed E-state index contributed by atoms with van der Waals surface area (Å²) in [6.07, 6.45) is 6.22. The Morgan fingerprint density at radius 2 is 1.73 bits per heavy atom. The topological polar surface area (TPSA) is 70.5 Å². The summed E-state index contributed by atoms with van der Waals surface area (Å²) in [4.78, 5) is 0. The van der Waals surface area contributed by atoms with Gasteiger partial charge in [-0.25, -0.2) is 0 Å². The molecule has 26 heavy (non-hydrogen) atoms. The number of ether oxygens (including phenoxy) is 2. The molecule has 4 N–H and O–H groups in total. The Labute approximate surface area is 155 Å². The highest BCUT2D eigenvalue weighted by Gasteiger charge is 2.17. The average molecular weight is 350 g/mol. The molecule has 0 aliphatic carbocycles. The van der Waals surface area contributed by atoms with Crippen molar-refractivity contribution in [1.82, 2.24) is 0 Å². The van der Waals surface area contributed by atoms with E-state index in [9.17, 15) is 0 Å². The largest absolute Gasteiger partial charge is 0.493 e. The van der Waals surface area contributed by atoms with Crippen molar-refractivity contribution in [1.29, 1.82) is 0 Å². The maximum Gasteiger partial charge on any atom is 0.161 e. The molecular formula is C22H26N2O2. The first-order valence-electron chi connectivity index (χ1n) is 8.39. The summed E-state index contributed by atoms with van der Waals surface area (Å²) in [6, 6.07) is 16.3. The van der Waals surface area contributed by atoms with E-state index in [1.165, 1.54) is 5.56 Å². The van der Waals surface area contributed by atoms with Crippen LogP contribution in [0.1, 0.15) is 17.0 Å². The van der Waals surface area contributed by atoms with Crippen molar-refractivity contribution in [3.8, 4) is 11.5 Å². The minimum atomic E-state index is 0.0841. The normalized spacial score (nSPS) is 11.8. The molecule has 0 aromatic heterocycles. The Morgan fingerprint density at radius 3 is 2.35 bits per heavy atom. The van der Waals surface area contributed by atoms with E-state index < -0.39 is 0 Å². The Kier molecular flexibility index (Phi) is 6.92. The van der Waals surface area contributed by atoms with Crippen molar-refractivity contribution < 1.29 is 9.47 Å². The van der Waals surface area contributed by atoms with Crippen LogP contribution in [0, 0.1) is 0 Å². The second-order valence-electron chi connectivity index (χ2n) is 5.96. The van der Waals surface area contributed by atoms with Crippen LogP contribution in [0.15, 0.2) is 84.7 Å². The van der Waals surface area contributed by atoms with E-state index in [1.54, 1.807) is 20.3 Å². The summed E-state index contributed by atoms with van der Waals surface area (Å²) in [6.45, 7) is 4.25. The van der Waals surface area contributed by atoms with Gasteiger partial charge >= 0.3 is 0 Å². The third-order valence-electron chi connectivity index (χ3n) is 4.14. The number of allylic oxidation sites excluding steroid dienone is 4. The van der Waals surface area contributed by atoms with Crippen LogP contribution in [-0.2, 0) is 6.42 Å². The molecule has 4 heteroatoms. The zero-order chi connectivity index (χ0) is 18.9. The van der Waals surface area contributed by atoms with Gasteiger partial charge in [-0.1, -0.05) is 55.1 Å². The molecule has 2 aromatic carbocycles. The molecule has 136 valence electrons. The van der Waals surface area contributed by atoms with Gasteiger partial charge in [0.05, 0.1) is 20.0 Å². The summed E-state index contributed by atoms with van der Waals surface area (Å²) >= 11 is 0. The Balaban J connectivity index is 2.38. The van der Waals surface area contributed by atoms with Gasteiger partial charge < -0.3 is 20.9 Å². The van der Waals surface area contributed by atoms with Gasteiger partial charge in [-0.15, -0.1) is 0 Å². The fourth-order valence-electron chi connectivity index (χ4n) is 2.78. The lowest BCUT2D eigenvalue weighted by Gasteiger charge is -2.20. The minimum absolute atomic E-state index is 0.0841. The fraction of sp³-hybridized carbons (Fsp3) is 0.182. The molecule has 0 radical (unpaired) electrons. The van der Waals surface area contributed by atoms with Gasteiger partial charge in [0.1, 0.15) is 0 Å². The number of rotatable bonds is 8. The lowest BCUT2D eigenvalue weighted by Crippen LogP contribution is -2.07. The van der Waals surface area contributed by atoms with Crippen LogP contribution in [0.2, 0.25) is 0 Å². The van der Waals surface area contributed by atoms with E-state index in [0.717, 1.165) is 17.6 Å². The number of nitrogens with two attached hydrogens (primary N) is 2.